The molecule has 5 rings (SSSR count). The van der Waals surface area contributed by atoms with Gasteiger partial charge in [-0.15, -0.1) is 0 Å². The highest BCUT2D eigenvalue weighted by Gasteiger charge is 2.37. The number of nitrogens with zero attached hydrogens (tertiary/aromatic N) is 1. The Morgan fingerprint density at radius 3 is 2.22 bits per heavy atom. The molecule has 1 N–H and O–H groups in total. The summed E-state index contributed by atoms with van der Waals surface area (Å²) in [6.07, 6.45) is 1.30. The van der Waals surface area contributed by atoms with Crippen molar-refractivity contribution in [2.24, 2.45) is 0 Å². The molecular weight excluding hydrogens is 570 g/mol. The number of urea groups is 1. The minimum atomic E-state index is -0.888. The molecule has 0 unspecified atom stereocenters. The Kier molecular flexibility index (Phi) is 8.33. The van der Waals surface area contributed by atoms with E-state index >= 15 is 0 Å². The van der Waals surface area contributed by atoms with Crippen LogP contribution in [0.25, 0.3) is 6.08 Å². The highest BCUT2D eigenvalue weighted by atomic mass is 35.5. The summed E-state index contributed by atoms with van der Waals surface area (Å²) in [5.74, 6) is -1.28. The minimum absolute atomic E-state index is 0.0345. The zero-order valence-electron chi connectivity index (χ0n) is 21.3. The zero-order valence-corrected chi connectivity index (χ0v) is 22.8. The highest BCUT2D eigenvalue weighted by Crippen LogP contribution is 2.29. The molecule has 0 atom stereocenters. The molecule has 4 amide bonds. The van der Waals surface area contributed by atoms with Gasteiger partial charge in [-0.2, -0.15) is 0 Å². The van der Waals surface area contributed by atoms with Gasteiger partial charge in [0.15, 0.2) is 0 Å². The van der Waals surface area contributed by atoms with Gasteiger partial charge in [-0.1, -0.05) is 47.5 Å². The van der Waals surface area contributed by atoms with Gasteiger partial charge < -0.3 is 9.47 Å². The molecule has 10 heteroatoms. The lowest BCUT2D eigenvalue weighted by Crippen LogP contribution is -2.54. The Balaban J connectivity index is 1.35. The fraction of sp³-hybridized carbons (Fsp3) is 0.0645. The van der Waals surface area contributed by atoms with Crippen molar-refractivity contribution >= 4 is 52.8 Å². The van der Waals surface area contributed by atoms with Crippen molar-refractivity contribution in [3.05, 3.63) is 129 Å². The Bertz CT molecular complexity index is 1660. The van der Waals surface area contributed by atoms with E-state index in [9.17, 15) is 18.8 Å². The monoisotopic (exact) mass is 590 g/mol. The summed E-state index contributed by atoms with van der Waals surface area (Å²) in [6.45, 7) is 0.330. The predicted molar refractivity (Wildman–Crippen MR) is 153 cm³/mol. The maximum absolute atomic E-state index is 13.6. The molecular formula is C31H21Cl2FN2O5. The number of hydrogen-bond donors (Lipinski definition) is 1. The topological polar surface area (TPSA) is 84.9 Å². The number of rotatable bonds is 8. The summed E-state index contributed by atoms with van der Waals surface area (Å²) < 4.78 is 25.2. The number of ether oxygens (including phenoxy) is 2. The van der Waals surface area contributed by atoms with Gasteiger partial charge in [0.2, 0.25) is 0 Å². The van der Waals surface area contributed by atoms with Crippen molar-refractivity contribution < 1.29 is 28.2 Å². The lowest BCUT2D eigenvalue weighted by atomic mass is 10.1. The quantitative estimate of drug-likeness (QED) is 0.177. The van der Waals surface area contributed by atoms with Gasteiger partial charge in [-0.05, 0) is 83.9 Å². The number of barbiturate groups is 1. The number of amides is 4. The fourth-order valence-corrected chi connectivity index (χ4v) is 4.34. The molecule has 4 aromatic carbocycles. The van der Waals surface area contributed by atoms with Crippen molar-refractivity contribution in [1.82, 2.24) is 5.32 Å². The number of carbonyl (C=O) groups is 3. The van der Waals surface area contributed by atoms with E-state index in [1.807, 2.05) is 12.1 Å². The van der Waals surface area contributed by atoms with Crippen LogP contribution in [-0.2, 0) is 22.8 Å². The summed E-state index contributed by atoms with van der Waals surface area (Å²) in [6, 6.07) is 23.2. The number of imide groups is 2. The van der Waals surface area contributed by atoms with E-state index in [2.05, 4.69) is 5.32 Å². The van der Waals surface area contributed by atoms with Gasteiger partial charge in [0, 0.05) is 15.6 Å². The smallest absolute Gasteiger partial charge is 0.335 e. The van der Waals surface area contributed by atoms with Crippen molar-refractivity contribution in [1.29, 1.82) is 0 Å². The first-order valence-corrected chi connectivity index (χ1v) is 13.1. The van der Waals surface area contributed by atoms with Crippen LogP contribution in [0.4, 0.5) is 14.9 Å². The molecule has 0 aromatic heterocycles. The second-order valence-electron chi connectivity index (χ2n) is 8.97. The molecule has 1 saturated heterocycles. The second-order valence-corrected chi connectivity index (χ2v) is 9.84. The third-order valence-corrected chi connectivity index (χ3v) is 6.56. The molecule has 0 spiro atoms. The van der Waals surface area contributed by atoms with E-state index in [0.717, 1.165) is 10.5 Å². The average molecular weight is 591 g/mol. The normalized spacial score (nSPS) is 14.3. The third-order valence-electron chi connectivity index (χ3n) is 6.07. The molecule has 1 aliphatic heterocycles. The van der Waals surface area contributed by atoms with Gasteiger partial charge in [0.1, 0.15) is 36.1 Å². The summed E-state index contributed by atoms with van der Waals surface area (Å²) in [5, 5.41) is 3.15. The number of anilines is 1. The molecule has 1 fully saturated rings. The summed E-state index contributed by atoms with van der Waals surface area (Å²) in [7, 11) is 0. The van der Waals surface area contributed by atoms with Crippen LogP contribution >= 0.6 is 23.2 Å². The molecule has 7 nitrogen and oxygen atoms in total. The summed E-state index contributed by atoms with van der Waals surface area (Å²) >= 11 is 12.1. The van der Waals surface area contributed by atoms with Crippen molar-refractivity contribution in [2.75, 3.05) is 4.90 Å². The Morgan fingerprint density at radius 1 is 0.780 bits per heavy atom. The zero-order chi connectivity index (χ0) is 28.9. The van der Waals surface area contributed by atoms with Gasteiger partial charge in [0.25, 0.3) is 11.8 Å². The molecule has 0 aliphatic carbocycles. The van der Waals surface area contributed by atoms with E-state index in [4.69, 9.17) is 32.7 Å². The fourth-order valence-electron chi connectivity index (χ4n) is 4.04. The van der Waals surface area contributed by atoms with Gasteiger partial charge >= 0.3 is 6.03 Å². The standard InChI is InChI=1S/C31H21Cl2FN2O5/c32-22-6-4-19(5-7-22)17-40-26-11-9-25(10-12-26)36-30(38)27(29(37)35-31(36)39)16-21-15-23(33)8-13-28(21)41-18-20-2-1-3-24(34)14-20/h1-16H,17-18H2,(H,35,37,39)/b27-16+. The van der Waals surface area contributed by atoms with Crippen LogP contribution in [0, 0.1) is 5.82 Å². The van der Waals surface area contributed by atoms with Crippen molar-refractivity contribution in [3.8, 4) is 11.5 Å². The van der Waals surface area contributed by atoms with Gasteiger partial charge in [-0.25, -0.2) is 14.1 Å². The molecule has 41 heavy (non-hydrogen) atoms. The molecule has 0 radical (unpaired) electrons. The maximum Gasteiger partial charge on any atom is 0.335 e. The van der Waals surface area contributed by atoms with Gasteiger partial charge in [0.05, 0.1) is 5.69 Å². The van der Waals surface area contributed by atoms with Crippen LogP contribution < -0.4 is 19.7 Å². The van der Waals surface area contributed by atoms with E-state index < -0.39 is 23.7 Å². The summed E-state index contributed by atoms with van der Waals surface area (Å²) in [4.78, 5) is 39.6. The van der Waals surface area contributed by atoms with Crippen LogP contribution in [0.1, 0.15) is 16.7 Å². The van der Waals surface area contributed by atoms with Crippen LogP contribution in [0.3, 0.4) is 0 Å². The summed E-state index contributed by atoms with van der Waals surface area (Å²) in [5.41, 5.74) is 1.76. The van der Waals surface area contributed by atoms with Crippen LogP contribution in [0.2, 0.25) is 10.0 Å². The molecule has 0 saturated carbocycles. The van der Waals surface area contributed by atoms with Crippen LogP contribution in [0.15, 0.2) is 96.6 Å². The Labute approximate surface area is 244 Å². The van der Waals surface area contributed by atoms with Crippen molar-refractivity contribution in [2.45, 2.75) is 13.2 Å². The van der Waals surface area contributed by atoms with E-state index in [1.54, 1.807) is 48.5 Å². The third kappa shape index (κ3) is 6.74. The first kappa shape index (κ1) is 27.9. The molecule has 4 aromatic rings. The van der Waals surface area contributed by atoms with E-state index in [-0.39, 0.29) is 17.9 Å². The average Bonchev–Trinajstić information content (AvgIpc) is 2.95. The lowest BCUT2D eigenvalue weighted by molar-refractivity contribution is -0.122. The minimum Gasteiger partial charge on any atom is -0.489 e. The first-order valence-electron chi connectivity index (χ1n) is 12.3. The van der Waals surface area contributed by atoms with Crippen LogP contribution in [-0.4, -0.2) is 17.8 Å². The van der Waals surface area contributed by atoms with Crippen LogP contribution in [0.5, 0.6) is 11.5 Å². The molecule has 0 bridgehead atoms. The Morgan fingerprint density at radius 2 is 1.49 bits per heavy atom. The highest BCUT2D eigenvalue weighted by molar-refractivity contribution is 6.39. The molecule has 1 heterocycles. The number of carbonyl (C=O) groups excluding carboxylic acids is 3. The number of hydrogen-bond acceptors (Lipinski definition) is 5. The Hall–Kier alpha value is -4.66. The molecule has 206 valence electrons. The van der Waals surface area contributed by atoms with Gasteiger partial charge in [-0.3, -0.25) is 14.9 Å². The SMILES string of the molecule is O=C1NC(=O)N(c2ccc(OCc3ccc(Cl)cc3)cc2)C(=O)/C1=C/c1cc(Cl)ccc1OCc1cccc(F)c1. The van der Waals surface area contributed by atoms with E-state index in [1.165, 1.54) is 36.4 Å². The largest absolute Gasteiger partial charge is 0.489 e. The van der Waals surface area contributed by atoms with E-state index in [0.29, 0.717) is 39.3 Å². The number of halogens is 3. The number of benzene rings is 4. The molecule has 1 aliphatic rings. The lowest BCUT2D eigenvalue weighted by Gasteiger charge is -2.26. The maximum atomic E-state index is 13.6. The number of nitrogens with one attached hydrogen (secondary N) is 1. The van der Waals surface area contributed by atoms with Crippen molar-refractivity contribution in [3.63, 3.8) is 0 Å². The second kappa shape index (κ2) is 12.2. The first-order chi connectivity index (χ1) is 19.8. The predicted octanol–water partition coefficient (Wildman–Crippen LogP) is 6.96.